The predicted octanol–water partition coefficient (Wildman–Crippen LogP) is 1.51. The Bertz CT molecular complexity index is 410. The number of ether oxygens (including phenoxy) is 1. The van der Waals surface area contributed by atoms with Gasteiger partial charge in [0.15, 0.2) is 0 Å². The fourth-order valence-electron chi connectivity index (χ4n) is 1.79. The quantitative estimate of drug-likeness (QED) is 0.816. The van der Waals surface area contributed by atoms with Crippen LogP contribution in [0.5, 0.6) is 5.88 Å². The number of carbonyl (C=O) groups is 1. The van der Waals surface area contributed by atoms with E-state index in [4.69, 9.17) is 9.84 Å². The van der Waals surface area contributed by atoms with Crippen LogP contribution < -0.4 is 4.74 Å². The second-order valence-electron chi connectivity index (χ2n) is 3.94. The number of carboxylic acids is 1. The summed E-state index contributed by atoms with van der Waals surface area (Å²) in [6.45, 7) is 1.87. The highest BCUT2D eigenvalue weighted by Crippen LogP contribution is 2.48. The Morgan fingerprint density at radius 3 is 2.67 bits per heavy atom. The summed E-state index contributed by atoms with van der Waals surface area (Å²) in [6.07, 6.45) is 3.01. The van der Waals surface area contributed by atoms with Crippen LogP contribution in [0, 0.1) is 6.92 Å². The number of hydrogen-bond donors (Lipinski definition) is 1. The summed E-state index contributed by atoms with van der Waals surface area (Å²) < 4.78 is 5.03. The molecule has 0 saturated heterocycles. The molecule has 4 heteroatoms. The van der Waals surface area contributed by atoms with Gasteiger partial charge < -0.3 is 9.84 Å². The number of pyridine rings is 1. The van der Waals surface area contributed by atoms with Crippen molar-refractivity contribution in [2.24, 2.45) is 0 Å². The zero-order valence-corrected chi connectivity index (χ0v) is 8.78. The van der Waals surface area contributed by atoms with E-state index in [9.17, 15) is 4.79 Å². The van der Waals surface area contributed by atoms with E-state index in [-0.39, 0.29) is 0 Å². The lowest BCUT2D eigenvalue weighted by atomic mass is 9.97. The molecule has 1 aromatic rings. The van der Waals surface area contributed by atoms with Crippen LogP contribution in [0.15, 0.2) is 12.3 Å². The fourth-order valence-corrected chi connectivity index (χ4v) is 1.79. The van der Waals surface area contributed by atoms with E-state index in [2.05, 4.69) is 4.98 Å². The van der Waals surface area contributed by atoms with E-state index in [1.54, 1.807) is 13.3 Å². The van der Waals surface area contributed by atoms with Crippen LogP contribution in [0.4, 0.5) is 0 Å². The monoisotopic (exact) mass is 207 g/mol. The van der Waals surface area contributed by atoms with Crippen molar-refractivity contribution >= 4 is 5.97 Å². The van der Waals surface area contributed by atoms with E-state index < -0.39 is 11.4 Å². The summed E-state index contributed by atoms with van der Waals surface area (Å²) in [7, 11) is 1.55. The first kappa shape index (κ1) is 9.96. The van der Waals surface area contributed by atoms with E-state index in [1.165, 1.54) is 0 Å². The second kappa shape index (κ2) is 3.22. The maximum absolute atomic E-state index is 11.1. The van der Waals surface area contributed by atoms with Crippen LogP contribution in [0.2, 0.25) is 0 Å². The molecule has 0 amide bonds. The van der Waals surface area contributed by atoms with Crippen molar-refractivity contribution in [3.63, 3.8) is 0 Å². The third-order valence-corrected chi connectivity index (χ3v) is 2.94. The molecule has 1 fully saturated rings. The molecule has 2 rings (SSSR count). The Hall–Kier alpha value is -1.58. The maximum atomic E-state index is 11.1. The molecule has 1 aliphatic carbocycles. The van der Waals surface area contributed by atoms with Gasteiger partial charge in [-0.1, -0.05) is 0 Å². The fraction of sp³-hybridized carbons (Fsp3) is 0.455. The van der Waals surface area contributed by atoms with Crippen LogP contribution in [0.3, 0.4) is 0 Å². The average molecular weight is 207 g/mol. The molecule has 0 aliphatic heterocycles. The molecule has 0 bridgehead atoms. The van der Waals surface area contributed by atoms with Crippen molar-refractivity contribution in [2.75, 3.05) is 7.11 Å². The largest absolute Gasteiger partial charge is 0.481 e. The minimum Gasteiger partial charge on any atom is -0.481 e. The molecule has 0 aromatic carbocycles. The standard InChI is InChI=1S/C11H13NO3/c1-7-5-8(6-12-9(7)15-2)11(3-4-11)10(13)14/h5-6H,3-4H2,1-2H3,(H,13,14). The number of methoxy groups -OCH3 is 1. The third-order valence-electron chi connectivity index (χ3n) is 2.94. The highest BCUT2D eigenvalue weighted by Gasteiger charge is 2.52. The van der Waals surface area contributed by atoms with Gasteiger partial charge >= 0.3 is 5.97 Å². The lowest BCUT2D eigenvalue weighted by Gasteiger charge is -2.11. The summed E-state index contributed by atoms with van der Waals surface area (Å²) in [4.78, 5) is 15.2. The minimum absolute atomic E-state index is 0.555. The first-order chi connectivity index (χ1) is 7.10. The van der Waals surface area contributed by atoms with Crippen molar-refractivity contribution in [3.8, 4) is 5.88 Å². The van der Waals surface area contributed by atoms with Gasteiger partial charge in [-0.25, -0.2) is 4.98 Å². The topological polar surface area (TPSA) is 59.4 Å². The van der Waals surface area contributed by atoms with Crippen molar-refractivity contribution in [3.05, 3.63) is 23.4 Å². The number of aryl methyl sites for hydroxylation is 1. The summed E-state index contributed by atoms with van der Waals surface area (Å²) in [5.74, 6) is -0.200. The summed E-state index contributed by atoms with van der Waals surface area (Å²) >= 11 is 0. The lowest BCUT2D eigenvalue weighted by molar-refractivity contribution is -0.140. The van der Waals surface area contributed by atoms with E-state index >= 15 is 0 Å². The van der Waals surface area contributed by atoms with Crippen molar-refractivity contribution < 1.29 is 14.6 Å². The maximum Gasteiger partial charge on any atom is 0.314 e. The number of aliphatic carboxylic acids is 1. The van der Waals surface area contributed by atoms with Gasteiger partial charge in [0.2, 0.25) is 5.88 Å². The molecule has 1 N–H and O–H groups in total. The third kappa shape index (κ3) is 1.46. The molecule has 1 aromatic heterocycles. The van der Waals surface area contributed by atoms with E-state index in [1.807, 2.05) is 13.0 Å². The molecule has 1 saturated carbocycles. The minimum atomic E-state index is -0.756. The van der Waals surface area contributed by atoms with Gasteiger partial charge in [-0.3, -0.25) is 4.79 Å². The number of nitrogens with zero attached hydrogens (tertiary/aromatic N) is 1. The summed E-state index contributed by atoms with van der Waals surface area (Å²) in [5, 5.41) is 9.12. The molecule has 0 spiro atoms. The second-order valence-corrected chi connectivity index (χ2v) is 3.94. The zero-order chi connectivity index (χ0) is 11.1. The molecule has 4 nitrogen and oxygen atoms in total. The number of carboxylic acid groups (broad SMARTS) is 1. The van der Waals surface area contributed by atoms with Crippen LogP contribution in [-0.4, -0.2) is 23.2 Å². The van der Waals surface area contributed by atoms with Gasteiger partial charge in [0.05, 0.1) is 12.5 Å². The van der Waals surface area contributed by atoms with Gasteiger partial charge in [-0.15, -0.1) is 0 Å². The smallest absolute Gasteiger partial charge is 0.314 e. The Labute approximate surface area is 87.9 Å². The van der Waals surface area contributed by atoms with Crippen molar-refractivity contribution in [2.45, 2.75) is 25.2 Å². The molecule has 80 valence electrons. The first-order valence-corrected chi connectivity index (χ1v) is 4.85. The van der Waals surface area contributed by atoms with Crippen LogP contribution >= 0.6 is 0 Å². The molecule has 0 atom stereocenters. The number of rotatable bonds is 3. The summed E-state index contributed by atoms with van der Waals surface area (Å²) in [6, 6.07) is 1.85. The lowest BCUT2D eigenvalue weighted by Crippen LogP contribution is -2.19. The average Bonchev–Trinajstić information content (AvgIpc) is 2.98. The van der Waals surface area contributed by atoms with E-state index in [0.717, 1.165) is 11.1 Å². The van der Waals surface area contributed by atoms with Gasteiger partial charge in [0.1, 0.15) is 0 Å². The predicted molar refractivity (Wildman–Crippen MR) is 54.1 cm³/mol. The Morgan fingerprint density at radius 2 is 2.27 bits per heavy atom. The highest BCUT2D eigenvalue weighted by molar-refractivity contribution is 5.84. The molecule has 1 heterocycles. The Kier molecular flexibility index (Phi) is 2.14. The van der Waals surface area contributed by atoms with Gasteiger partial charge in [-0.05, 0) is 31.4 Å². The highest BCUT2D eigenvalue weighted by atomic mass is 16.5. The molecule has 0 radical (unpaired) electrons. The molecular weight excluding hydrogens is 194 g/mol. The number of hydrogen-bond acceptors (Lipinski definition) is 3. The molecule has 15 heavy (non-hydrogen) atoms. The van der Waals surface area contributed by atoms with Gasteiger partial charge in [0, 0.05) is 11.8 Å². The normalized spacial score (nSPS) is 17.2. The van der Waals surface area contributed by atoms with Crippen LogP contribution in [0.1, 0.15) is 24.0 Å². The van der Waals surface area contributed by atoms with Gasteiger partial charge in [0.25, 0.3) is 0 Å². The molecular formula is C11H13NO3. The Morgan fingerprint density at radius 1 is 1.60 bits per heavy atom. The van der Waals surface area contributed by atoms with Crippen molar-refractivity contribution in [1.29, 1.82) is 0 Å². The molecule has 1 aliphatic rings. The van der Waals surface area contributed by atoms with Gasteiger partial charge in [-0.2, -0.15) is 0 Å². The van der Waals surface area contributed by atoms with Crippen LogP contribution in [-0.2, 0) is 10.2 Å². The molecule has 0 unspecified atom stereocenters. The zero-order valence-electron chi connectivity index (χ0n) is 8.78. The SMILES string of the molecule is COc1ncc(C2(C(=O)O)CC2)cc1C. The summed E-state index contributed by atoms with van der Waals surface area (Å²) in [5.41, 5.74) is 0.986. The van der Waals surface area contributed by atoms with E-state index in [0.29, 0.717) is 18.7 Å². The van der Waals surface area contributed by atoms with Crippen molar-refractivity contribution in [1.82, 2.24) is 4.98 Å². The Balaban J connectivity index is 2.39. The first-order valence-electron chi connectivity index (χ1n) is 4.85. The number of aromatic nitrogens is 1. The van der Waals surface area contributed by atoms with Crippen LogP contribution in [0.25, 0.3) is 0 Å².